The first-order valence-electron chi connectivity index (χ1n) is 28.2. The van der Waals surface area contributed by atoms with Crippen LogP contribution >= 0.6 is 0 Å². The summed E-state index contributed by atoms with van der Waals surface area (Å²) in [5, 5.41) is 21.9. The van der Waals surface area contributed by atoms with Gasteiger partial charge in [-0.2, -0.15) is 0 Å². The van der Waals surface area contributed by atoms with Crippen molar-refractivity contribution in [2.75, 3.05) is 46.0 Å². The molecule has 0 saturated heterocycles. The molecule has 10 N–H and O–H groups in total. The number of fused-ring (bicyclic) bond motifs is 9. The van der Waals surface area contributed by atoms with Crippen LogP contribution in [0.3, 0.4) is 0 Å². The predicted octanol–water partition coefficient (Wildman–Crippen LogP) is 8.79. The van der Waals surface area contributed by atoms with Gasteiger partial charge in [-0.05, 0) is 92.6 Å². The normalized spacial score (nSPS) is 12.8. The van der Waals surface area contributed by atoms with Crippen molar-refractivity contribution in [1.29, 1.82) is 0 Å². The molecule has 0 heterocycles. The lowest BCUT2D eigenvalue weighted by Crippen LogP contribution is -2.48. The van der Waals surface area contributed by atoms with E-state index in [-0.39, 0.29) is 69.0 Å². The van der Waals surface area contributed by atoms with Crippen LogP contribution in [0.1, 0.15) is 97.1 Å². The van der Waals surface area contributed by atoms with Gasteiger partial charge in [0.05, 0.1) is 19.6 Å². The van der Waals surface area contributed by atoms with Gasteiger partial charge in [-0.3, -0.25) is 9.59 Å². The van der Waals surface area contributed by atoms with E-state index in [1.54, 1.807) is 0 Å². The van der Waals surface area contributed by atoms with Crippen molar-refractivity contribution in [2.45, 2.75) is 81.8 Å². The number of nitrogens with one attached hydrogen (secondary N) is 5. The molecule has 0 unspecified atom stereocenters. The largest absolute Gasteiger partial charge is 0.480 e. The molecule has 3 atom stereocenters. The molecule has 17 nitrogen and oxygen atoms in total. The third kappa shape index (κ3) is 17.3. The van der Waals surface area contributed by atoms with Crippen LogP contribution in [0, 0.1) is 37.0 Å². The third-order valence-electron chi connectivity index (χ3n) is 14.3. The van der Waals surface area contributed by atoms with Crippen LogP contribution in [0.25, 0.3) is 33.4 Å². The first-order valence-corrected chi connectivity index (χ1v) is 28.2. The van der Waals surface area contributed by atoms with Crippen LogP contribution in [0.5, 0.6) is 0 Å². The fourth-order valence-corrected chi connectivity index (χ4v) is 10.4. The van der Waals surface area contributed by atoms with Gasteiger partial charge in [0.25, 0.3) is 0 Å². The maximum atomic E-state index is 12.3. The molecule has 0 radical (unpaired) electrons. The van der Waals surface area contributed by atoms with Crippen LogP contribution in [0.15, 0.2) is 146 Å². The van der Waals surface area contributed by atoms with Crippen molar-refractivity contribution in [3.8, 4) is 70.4 Å². The molecule has 17 heteroatoms. The number of aliphatic carboxylic acids is 1. The van der Waals surface area contributed by atoms with E-state index in [1.807, 2.05) is 111 Å². The molecule has 0 saturated carbocycles. The minimum absolute atomic E-state index is 0.0157. The summed E-state index contributed by atoms with van der Waals surface area (Å²) in [6.45, 7) is 5.20. The number of nitrogens with two attached hydrogens (primary N) is 2. The van der Waals surface area contributed by atoms with E-state index in [4.69, 9.17) is 43.6 Å². The second kappa shape index (κ2) is 33.3. The van der Waals surface area contributed by atoms with Crippen molar-refractivity contribution in [2.24, 2.45) is 11.5 Å². The Morgan fingerprint density at radius 1 is 0.447 bits per heavy atom. The number of carboxylic acid groups (broad SMARTS) is 1. The van der Waals surface area contributed by atoms with E-state index in [2.05, 4.69) is 99.3 Å². The summed E-state index contributed by atoms with van der Waals surface area (Å²) in [6.07, 6.45) is 15.6. The number of carbonyl (C=O) groups excluding carboxylic acids is 5. The van der Waals surface area contributed by atoms with Gasteiger partial charge in [0.2, 0.25) is 11.8 Å². The fraction of sp³-hybridized carbons (Fsp3) is 0.294. The third-order valence-corrected chi connectivity index (χ3v) is 14.3. The molecule has 0 fully saturated rings. The van der Waals surface area contributed by atoms with E-state index in [0.29, 0.717) is 32.2 Å². The molecule has 6 aromatic rings. The minimum atomic E-state index is -1.05. The summed E-state index contributed by atoms with van der Waals surface area (Å²) in [6, 6.07) is 46.3. The molecular weight excluding hydrogens is 1070 g/mol. The number of rotatable bonds is 20. The number of benzene rings is 6. The average Bonchev–Trinajstić information content (AvgIpc) is 2.28. The van der Waals surface area contributed by atoms with Gasteiger partial charge >= 0.3 is 24.2 Å². The van der Waals surface area contributed by atoms with Crippen molar-refractivity contribution in [3.63, 3.8) is 0 Å². The van der Waals surface area contributed by atoms with E-state index in [9.17, 15) is 28.8 Å². The smallest absolute Gasteiger partial charge is 0.407 e. The van der Waals surface area contributed by atoms with E-state index in [1.165, 1.54) is 11.1 Å². The fourth-order valence-electron chi connectivity index (χ4n) is 10.4. The molecule has 0 aliphatic heterocycles. The SMILES string of the molecule is C#CCN.C#CCNC(=O)[C@H](CCC)NC(=O)OCC1c2ccccc2-c2ccccc21.C#CCNC(=O)[C@H](CCN)NC(=O)OCC1c2ccccc2-c2ccccc21.CCC[C@H](NC(=O)OCC1c2ccccc2-c2ccccc21)C(=O)O. The Labute approximate surface area is 497 Å². The summed E-state index contributed by atoms with van der Waals surface area (Å²) in [5.74, 6) is 5.07. The minimum Gasteiger partial charge on any atom is -0.480 e. The first kappa shape index (κ1) is 64.3. The Hall–Kier alpha value is -9.86. The molecule has 9 rings (SSSR count). The number of terminal acetylenes is 3. The Kier molecular flexibility index (Phi) is 25.2. The molecule has 440 valence electrons. The Morgan fingerprint density at radius 2 is 0.706 bits per heavy atom. The van der Waals surface area contributed by atoms with Crippen LogP contribution in [0.4, 0.5) is 14.4 Å². The van der Waals surface area contributed by atoms with E-state index < -0.39 is 42.4 Å². The number of amides is 5. The zero-order chi connectivity index (χ0) is 61.1. The molecule has 5 amide bonds. The van der Waals surface area contributed by atoms with Crippen molar-refractivity contribution >= 4 is 36.1 Å². The standard InChI is InChI=1S/C23H24N2O3.C22H23N3O3.C20H21NO4.C3H5N/c1-3-9-21(22(26)24-14-4-2)25-23(27)28-15-20-18-12-7-5-10-16(18)17-11-6-8-13-19(17)20;1-2-13-24-21(26)20(11-12-23)25-22(27)28-14-19-17-9-5-3-7-15(17)16-8-4-6-10-18(16)19;1-2-7-18(19(22)23)21-20(24)25-12-17-15-10-5-3-8-13(15)14-9-4-6-11-16(14)17;1-2-3-4/h2,5-8,10-13,20-21H,3,9,14-15H2,1H3,(H,24,26)(H,25,27);1,3-10,19-20H,11-14,23H2,(H,24,26)(H,25,27);3-6,8-11,17-18H,2,7,12H2,1H3,(H,21,24)(H,22,23);1H,3-4H2/t21-;20-;18-;/m000./s1. The summed E-state index contributed by atoms with van der Waals surface area (Å²) >= 11 is 0. The highest BCUT2D eigenvalue weighted by Crippen LogP contribution is 2.47. The summed E-state index contributed by atoms with van der Waals surface area (Å²) in [5.41, 5.74) is 24.1. The quantitative estimate of drug-likeness (QED) is 0.0263. The van der Waals surface area contributed by atoms with Crippen LogP contribution < -0.4 is 38.1 Å². The highest BCUT2D eigenvalue weighted by molar-refractivity contribution is 5.87. The van der Waals surface area contributed by atoms with Gasteiger partial charge in [0, 0.05) is 17.8 Å². The molecule has 0 bridgehead atoms. The zero-order valence-electron chi connectivity index (χ0n) is 47.8. The molecule has 3 aliphatic carbocycles. The summed E-state index contributed by atoms with van der Waals surface area (Å²) in [4.78, 5) is 72.0. The molecule has 0 spiro atoms. The highest BCUT2D eigenvalue weighted by Gasteiger charge is 2.33. The Morgan fingerprint density at radius 3 is 0.953 bits per heavy atom. The second-order valence-corrected chi connectivity index (χ2v) is 19.8. The van der Waals surface area contributed by atoms with Crippen LogP contribution in [-0.2, 0) is 28.6 Å². The summed E-state index contributed by atoms with van der Waals surface area (Å²) in [7, 11) is 0. The van der Waals surface area contributed by atoms with Crippen molar-refractivity contribution < 1.29 is 48.1 Å². The second-order valence-electron chi connectivity index (χ2n) is 19.8. The topological polar surface area (TPSA) is 263 Å². The van der Waals surface area contributed by atoms with Gasteiger partial charge in [0.15, 0.2) is 0 Å². The monoisotopic (exact) mass is 1150 g/mol. The van der Waals surface area contributed by atoms with Gasteiger partial charge in [-0.15, -0.1) is 19.3 Å². The lowest BCUT2D eigenvalue weighted by Gasteiger charge is -2.19. The number of ether oxygens (including phenoxy) is 3. The maximum absolute atomic E-state index is 12.3. The zero-order valence-corrected chi connectivity index (χ0v) is 47.8. The molecule has 85 heavy (non-hydrogen) atoms. The van der Waals surface area contributed by atoms with Gasteiger partial charge in [-0.25, -0.2) is 19.2 Å². The van der Waals surface area contributed by atoms with Crippen molar-refractivity contribution in [3.05, 3.63) is 179 Å². The number of carbonyl (C=O) groups is 6. The average molecular weight is 1150 g/mol. The van der Waals surface area contributed by atoms with Crippen molar-refractivity contribution in [1.82, 2.24) is 26.6 Å². The van der Waals surface area contributed by atoms with Crippen LogP contribution in [-0.4, -0.2) is 105 Å². The lowest BCUT2D eigenvalue weighted by molar-refractivity contribution is -0.139. The van der Waals surface area contributed by atoms with Gasteiger partial charge in [0.1, 0.15) is 37.9 Å². The van der Waals surface area contributed by atoms with E-state index in [0.717, 1.165) is 62.1 Å². The first-order chi connectivity index (χ1) is 41.3. The predicted molar refractivity (Wildman–Crippen MR) is 329 cm³/mol. The Balaban J connectivity index is 0.000000198. The van der Waals surface area contributed by atoms with Gasteiger partial charge in [-0.1, -0.05) is 190 Å². The molecule has 6 aromatic carbocycles. The number of carboxylic acids is 1. The highest BCUT2D eigenvalue weighted by atomic mass is 16.6. The molecular formula is C68H73N7O10. The maximum Gasteiger partial charge on any atom is 0.407 e. The van der Waals surface area contributed by atoms with E-state index >= 15 is 0 Å². The number of alkyl carbamates (subject to hydrolysis) is 3. The lowest BCUT2D eigenvalue weighted by atomic mass is 9.98. The summed E-state index contributed by atoms with van der Waals surface area (Å²) < 4.78 is 16.3. The van der Waals surface area contributed by atoms with Crippen LogP contribution in [0.2, 0.25) is 0 Å². The number of hydrogen-bond acceptors (Lipinski definition) is 11. The molecule has 0 aromatic heterocycles. The molecule has 3 aliphatic rings. The number of hydrogen-bond donors (Lipinski definition) is 8. The van der Waals surface area contributed by atoms with Gasteiger partial charge < -0.3 is 57.4 Å². The Bertz CT molecular complexity index is 3110.